The van der Waals surface area contributed by atoms with Gasteiger partial charge in [0.05, 0.1) is 17.4 Å². The molecule has 108 valence electrons. The molecule has 3 atom stereocenters. The fourth-order valence-electron chi connectivity index (χ4n) is 3.05. The summed E-state index contributed by atoms with van der Waals surface area (Å²) in [5, 5.41) is 12.1. The standard InChI is InChI=1S/C15H28N4/c1-6-12-7-8-14(11(12)2)16-9-13-10-19(18-17-13)15(3,4)5/h10-12,14,16H,6-9H2,1-5H3. The second-order valence-electron chi connectivity index (χ2n) is 6.92. The molecule has 2 rings (SSSR count). The number of aromatic nitrogens is 3. The van der Waals surface area contributed by atoms with Gasteiger partial charge in [-0.15, -0.1) is 5.10 Å². The average molecular weight is 264 g/mol. The second-order valence-corrected chi connectivity index (χ2v) is 6.92. The van der Waals surface area contributed by atoms with Gasteiger partial charge < -0.3 is 5.32 Å². The molecule has 1 heterocycles. The third-order valence-electron chi connectivity index (χ3n) is 4.52. The molecule has 0 spiro atoms. The third-order valence-corrected chi connectivity index (χ3v) is 4.52. The van der Waals surface area contributed by atoms with Gasteiger partial charge in [0.2, 0.25) is 0 Å². The Hall–Kier alpha value is -0.900. The van der Waals surface area contributed by atoms with E-state index in [0.717, 1.165) is 24.1 Å². The lowest BCUT2D eigenvalue weighted by Gasteiger charge is -2.20. The third kappa shape index (κ3) is 3.35. The van der Waals surface area contributed by atoms with E-state index in [2.05, 4.69) is 56.4 Å². The summed E-state index contributed by atoms with van der Waals surface area (Å²) < 4.78 is 1.94. The lowest BCUT2D eigenvalue weighted by atomic mass is 9.93. The molecule has 1 aliphatic rings. The lowest BCUT2D eigenvalue weighted by molar-refractivity contribution is 0.343. The monoisotopic (exact) mass is 264 g/mol. The Balaban J connectivity index is 1.88. The van der Waals surface area contributed by atoms with Crippen molar-refractivity contribution < 1.29 is 0 Å². The molecular formula is C15H28N4. The number of nitrogens with zero attached hydrogens (tertiary/aromatic N) is 3. The maximum atomic E-state index is 4.26. The van der Waals surface area contributed by atoms with Crippen LogP contribution >= 0.6 is 0 Å². The molecule has 0 amide bonds. The van der Waals surface area contributed by atoms with Crippen molar-refractivity contribution in [2.75, 3.05) is 0 Å². The van der Waals surface area contributed by atoms with E-state index in [-0.39, 0.29) is 5.54 Å². The van der Waals surface area contributed by atoms with E-state index in [1.165, 1.54) is 19.3 Å². The fraction of sp³-hybridized carbons (Fsp3) is 0.867. The summed E-state index contributed by atoms with van der Waals surface area (Å²) in [4.78, 5) is 0. The van der Waals surface area contributed by atoms with Crippen molar-refractivity contribution in [2.24, 2.45) is 11.8 Å². The maximum Gasteiger partial charge on any atom is 0.0965 e. The summed E-state index contributed by atoms with van der Waals surface area (Å²) in [5.41, 5.74) is 1.06. The normalized spacial score (nSPS) is 27.9. The first-order valence-corrected chi connectivity index (χ1v) is 7.57. The van der Waals surface area contributed by atoms with Crippen molar-refractivity contribution in [3.05, 3.63) is 11.9 Å². The molecule has 1 aromatic heterocycles. The lowest BCUT2D eigenvalue weighted by Crippen LogP contribution is -2.32. The molecule has 19 heavy (non-hydrogen) atoms. The molecule has 1 fully saturated rings. The molecular weight excluding hydrogens is 236 g/mol. The number of hydrogen-bond donors (Lipinski definition) is 1. The molecule has 0 radical (unpaired) electrons. The zero-order valence-electron chi connectivity index (χ0n) is 13.0. The summed E-state index contributed by atoms with van der Waals surface area (Å²) >= 11 is 0. The molecule has 0 bridgehead atoms. The van der Waals surface area contributed by atoms with Gasteiger partial charge in [0.25, 0.3) is 0 Å². The molecule has 1 N–H and O–H groups in total. The Morgan fingerprint density at radius 1 is 1.37 bits per heavy atom. The molecule has 1 aliphatic carbocycles. The first-order valence-electron chi connectivity index (χ1n) is 7.57. The van der Waals surface area contributed by atoms with Crippen LogP contribution in [-0.4, -0.2) is 21.0 Å². The first-order chi connectivity index (χ1) is 8.91. The summed E-state index contributed by atoms with van der Waals surface area (Å²) in [7, 11) is 0. The van der Waals surface area contributed by atoms with Gasteiger partial charge in [0.1, 0.15) is 0 Å². The number of rotatable bonds is 4. The minimum Gasteiger partial charge on any atom is -0.308 e. The van der Waals surface area contributed by atoms with Gasteiger partial charge in [0.15, 0.2) is 0 Å². The fourth-order valence-corrected chi connectivity index (χ4v) is 3.05. The summed E-state index contributed by atoms with van der Waals surface area (Å²) in [6, 6.07) is 0.643. The van der Waals surface area contributed by atoms with Crippen LogP contribution in [0.25, 0.3) is 0 Å². The Kier molecular flexibility index (Phi) is 4.29. The van der Waals surface area contributed by atoms with Crippen LogP contribution in [-0.2, 0) is 12.1 Å². The van der Waals surface area contributed by atoms with Crippen molar-refractivity contribution in [3.63, 3.8) is 0 Å². The minimum atomic E-state index is 0.0131. The van der Waals surface area contributed by atoms with Crippen LogP contribution in [0, 0.1) is 11.8 Å². The van der Waals surface area contributed by atoms with Gasteiger partial charge in [-0.25, -0.2) is 4.68 Å². The van der Waals surface area contributed by atoms with Crippen LogP contribution in [0.2, 0.25) is 0 Å². The zero-order chi connectivity index (χ0) is 14.0. The van der Waals surface area contributed by atoms with E-state index in [9.17, 15) is 0 Å². The smallest absolute Gasteiger partial charge is 0.0965 e. The largest absolute Gasteiger partial charge is 0.308 e. The molecule has 0 aromatic carbocycles. The van der Waals surface area contributed by atoms with E-state index in [0.29, 0.717) is 6.04 Å². The van der Waals surface area contributed by atoms with Gasteiger partial charge in [-0.05, 0) is 45.4 Å². The van der Waals surface area contributed by atoms with Crippen molar-refractivity contribution in [1.82, 2.24) is 20.3 Å². The van der Waals surface area contributed by atoms with Gasteiger partial charge in [-0.3, -0.25) is 0 Å². The minimum absolute atomic E-state index is 0.0131. The highest BCUT2D eigenvalue weighted by Crippen LogP contribution is 2.33. The quantitative estimate of drug-likeness (QED) is 0.909. The summed E-state index contributed by atoms with van der Waals surface area (Å²) in [5.74, 6) is 1.67. The maximum absolute atomic E-state index is 4.26. The van der Waals surface area contributed by atoms with Gasteiger partial charge in [-0.1, -0.05) is 25.5 Å². The van der Waals surface area contributed by atoms with E-state index < -0.39 is 0 Å². The van der Waals surface area contributed by atoms with Crippen molar-refractivity contribution in [2.45, 2.75) is 72.0 Å². The Morgan fingerprint density at radius 2 is 2.11 bits per heavy atom. The first kappa shape index (κ1) is 14.5. The Bertz CT molecular complexity index is 405. The van der Waals surface area contributed by atoms with Crippen molar-refractivity contribution in [1.29, 1.82) is 0 Å². The highest BCUT2D eigenvalue weighted by atomic mass is 15.4. The van der Waals surface area contributed by atoms with Crippen LogP contribution in [0.15, 0.2) is 6.20 Å². The molecule has 4 heteroatoms. The summed E-state index contributed by atoms with van der Waals surface area (Å²) in [6.45, 7) is 11.9. The van der Waals surface area contributed by atoms with Crippen molar-refractivity contribution in [3.8, 4) is 0 Å². The number of hydrogen-bond acceptors (Lipinski definition) is 3. The predicted molar refractivity (Wildman–Crippen MR) is 77.8 cm³/mol. The topological polar surface area (TPSA) is 42.7 Å². The molecule has 1 aromatic rings. The molecule has 4 nitrogen and oxygen atoms in total. The second kappa shape index (κ2) is 5.61. The molecule has 0 saturated heterocycles. The average Bonchev–Trinajstić information content (AvgIpc) is 2.93. The van der Waals surface area contributed by atoms with E-state index in [4.69, 9.17) is 0 Å². The Morgan fingerprint density at radius 3 is 2.63 bits per heavy atom. The Labute approximate surface area is 117 Å². The SMILES string of the molecule is CCC1CCC(NCc2cn(C(C)(C)C)nn2)C1C. The van der Waals surface area contributed by atoms with E-state index in [1.54, 1.807) is 0 Å². The molecule has 3 unspecified atom stereocenters. The summed E-state index contributed by atoms with van der Waals surface area (Å²) in [6.07, 6.45) is 6.03. The van der Waals surface area contributed by atoms with Crippen LogP contribution in [0.5, 0.6) is 0 Å². The molecule has 0 aliphatic heterocycles. The van der Waals surface area contributed by atoms with Gasteiger partial charge in [-0.2, -0.15) is 0 Å². The van der Waals surface area contributed by atoms with Crippen LogP contribution in [0.3, 0.4) is 0 Å². The highest BCUT2D eigenvalue weighted by molar-refractivity contribution is 4.96. The zero-order valence-corrected chi connectivity index (χ0v) is 13.0. The van der Waals surface area contributed by atoms with Crippen LogP contribution in [0.1, 0.15) is 59.6 Å². The van der Waals surface area contributed by atoms with E-state index in [1.807, 2.05) is 4.68 Å². The van der Waals surface area contributed by atoms with Crippen molar-refractivity contribution >= 4 is 0 Å². The van der Waals surface area contributed by atoms with E-state index >= 15 is 0 Å². The number of nitrogens with one attached hydrogen (secondary N) is 1. The van der Waals surface area contributed by atoms with Gasteiger partial charge in [0, 0.05) is 12.6 Å². The van der Waals surface area contributed by atoms with Crippen LogP contribution < -0.4 is 5.32 Å². The molecule has 1 saturated carbocycles. The van der Waals surface area contributed by atoms with Crippen LogP contribution in [0.4, 0.5) is 0 Å². The van der Waals surface area contributed by atoms with Gasteiger partial charge >= 0.3 is 0 Å². The predicted octanol–water partition coefficient (Wildman–Crippen LogP) is 2.95. The highest BCUT2D eigenvalue weighted by Gasteiger charge is 2.31.